The summed E-state index contributed by atoms with van der Waals surface area (Å²) < 4.78 is 30.5. The normalized spacial score (nSPS) is 38.6. The molecule has 7 heteroatoms. The Labute approximate surface area is 126 Å². The van der Waals surface area contributed by atoms with E-state index in [-0.39, 0.29) is 23.5 Å². The quantitative estimate of drug-likeness (QED) is 0.794. The Hall–Kier alpha value is -0.660. The maximum Gasteiger partial charge on any atom is 0.229 e. The highest BCUT2D eigenvalue weighted by atomic mass is 32.2. The maximum atomic E-state index is 12.8. The molecule has 1 aliphatic heterocycles. The van der Waals surface area contributed by atoms with Crippen molar-refractivity contribution in [3.05, 3.63) is 0 Å². The van der Waals surface area contributed by atoms with Crippen molar-refractivity contribution in [3.63, 3.8) is 0 Å². The minimum absolute atomic E-state index is 0.00167. The summed E-state index contributed by atoms with van der Waals surface area (Å²) in [7, 11) is -1.50. The van der Waals surface area contributed by atoms with Gasteiger partial charge >= 0.3 is 0 Å². The van der Waals surface area contributed by atoms with Gasteiger partial charge in [-0.15, -0.1) is 0 Å². The summed E-state index contributed by atoms with van der Waals surface area (Å²) in [6, 6.07) is -0.00167. The number of amides is 1. The minimum Gasteiger partial charge on any atom is -0.381 e. The molecule has 3 aliphatic rings. The van der Waals surface area contributed by atoms with Crippen molar-refractivity contribution in [2.45, 2.75) is 44.2 Å². The Morgan fingerprint density at radius 3 is 2.76 bits per heavy atom. The van der Waals surface area contributed by atoms with Gasteiger partial charge in [0.2, 0.25) is 15.9 Å². The Morgan fingerprint density at radius 2 is 2.14 bits per heavy atom. The molecule has 1 saturated heterocycles. The number of rotatable bonds is 5. The van der Waals surface area contributed by atoms with Crippen LogP contribution in [0.4, 0.5) is 0 Å². The Balaban J connectivity index is 1.64. The number of piperidine rings is 1. The molecular weight excluding hydrogens is 292 g/mol. The average molecular weight is 316 g/mol. The number of ether oxygens (including phenoxy) is 1. The first-order valence-corrected chi connectivity index (χ1v) is 9.55. The van der Waals surface area contributed by atoms with E-state index in [0.717, 1.165) is 44.9 Å². The van der Waals surface area contributed by atoms with E-state index < -0.39 is 10.0 Å². The van der Waals surface area contributed by atoms with Crippen LogP contribution >= 0.6 is 0 Å². The van der Waals surface area contributed by atoms with Crippen LogP contribution in [0, 0.1) is 11.3 Å². The van der Waals surface area contributed by atoms with Crippen molar-refractivity contribution in [2.75, 3.05) is 26.5 Å². The van der Waals surface area contributed by atoms with Crippen molar-refractivity contribution in [2.24, 2.45) is 11.3 Å². The van der Waals surface area contributed by atoms with Gasteiger partial charge in [0.05, 0.1) is 17.8 Å². The summed E-state index contributed by atoms with van der Waals surface area (Å²) in [5.74, 6) is 0.612. The van der Waals surface area contributed by atoms with Crippen LogP contribution in [0.25, 0.3) is 0 Å². The zero-order valence-corrected chi connectivity index (χ0v) is 13.5. The molecule has 2 aliphatic carbocycles. The first kappa shape index (κ1) is 15.2. The Bertz CT molecular complexity index is 535. The minimum atomic E-state index is -3.21. The molecule has 0 bridgehead atoms. The van der Waals surface area contributed by atoms with Crippen LogP contribution in [-0.4, -0.2) is 57.8 Å². The summed E-state index contributed by atoms with van der Waals surface area (Å²) in [5.41, 5.74) is -0.179. The first-order chi connectivity index (χ1) is 9.87. The number of nitrogens with zero attached hydrogens (tertiary/aromatic N) is 1. The number of sulfonamides is 1. The summed E-state index contributed by atoms with van der Waals surface area (Å²) in [6.45, 7) is 1.08. The van der Waals surface area contributed by atoms with Crippen molar-refractivity contribution >= 4 is 15.9 Å². The van der Waals surface area contributed by atoms with Gasteiger partial charge in [0, 0.05) is 32.2 Å². The van der Waals surface area contributed by atoms with Crippen LogP contribution in [0.2, 0.25) is 0 Å². The second-order valence-electron chi connectivity index (χ2n) is 6.71. The van der Waals surface area contributed by atoms with Crippen LogP contribution in [-0.2, 0) is 19.6 Å². The predicted molar refractivity (Wildman–Crippen MR) is 78.2 cm³/mol. The molecule has 21 heavy (non-hydrogen) atoms. The Kier molecular flexibility index (Phi) is 3.78. The zero-order chi connectivity index (χ0) is 15.3. The summed E-state index contributed by atoms with van der Waals surface area (Å²) in [5, 5.41) is 0. The second-order valence-corrected chi connectivity index (χ2v) is 8.55. The molecule has 6 nitrogen and oxygen atoms in total. The monoisotopic (exact) mass is 316 g/mol. The fourth-order valence-electron chi connectivity index (χ4n) is 3.99. The molecule has 120 valence electrons. The van der Waals surface area contributed by atoms with Gasteiger partial charge in [0.15, 0.2) is 0 Å². The maximum absolute atomic E-state index is 12.8. The van der Waals surface area contributed by atoms with Crippen LogP contribution < -0.4 is 4.72 Å². The topological polar surface area (TPSA) is 75.7 Å². The van der Waals surface area contributed by atoms with Gasteiger partial charge in [-0.2, -0.15) is 0 Å². The fraction of sp³-hybridized carbons (Fsp3) is 0.929. The Morgan fingerprint density at radius 1 is 1.38 bits per heavy atom. The lowest BCUT2D eigenvalue weighted by Gasteiger charge is -2.42. The molecule has 4 atom stereocenters. The lowest BCUT2D eigenvalue weighted by molar-refractivity contribution is -0.149. The van der Waals surface area contributed by atoms with Crippen LogP contribution in [0.5, 0.6) is 0 Å². The van der Waals surface area contributed by atoms with Gasteiger partial charge in [-0.3, -0.25) is 4.79 Å². The molecule has 2 saturated carbocycles. The fourth-order valence-corrected chi connectivity index (χ4v) is 4.49. The zero-order valence-electron chi connectivity index (χ0n) is 12.7. The van der Waals surface area contributed by atoms with Gasteiger partial charge in [-0.1, -0.05) is 0 Å². The van der Waals surface area contributed by atoms with Crippen LogP contribution in [0.1, 0.15) is 32.1 Å². The standard InChI is InChI=1S/C14H24N2O4S/c1-20-12-8-14(7-11(12)14)13(17)16-6-4-3-5-10(16)9-15-21(2,18)19/h10-12,15H,3-9H2,1-2H3/t10?,11-,12+,14-/m0/s1. The highest BCUT2D eigenvalue weighted by molar-refractivity contribution is 7.88. The summed E-state index contributed by atoms with van der Waals surface area (Å²) in [6.07, 6.45) is 6.11. The molecule has 1 unspecified atom stereocenters. The van der Waals surface area contributed by atoms with Crippen molar-refractivity contribution in [3.8, 4) is 0 Å². The predicted octanol–water partition coefficient (Wildman–Crippen LogP) is 0.342. The third-order valence-corrected chi connectivity index (χ3v) is 6.04. The van der Waals surface area contributed by atoms with Gasteiger partial charge in [0.25, 0.3) is 0 Å². The van der Waals surface area contributed by atoms with E-state index in [9.17, 15) is 13.2 Å². The number of carbonyl (C=O) groups is 1. The highest BCUT2D eigenvalue weighted by Crippen LogP contribution is 2.69. The molecule has 1 heterocycles. The van der Waals surface area contributed by atoms with Gasteiger partial charge in [-0.05, 0) is 32.1 Å². The number of hydrogen-bond acceptors (Lipinski definition) is 4. The van der Waals surface area contributed by atoms with Crippen LogP contribution in [0.15, 0.2) is 0 Å². The number of likely N-dealkylation sites (tertiary alicyclic amines) is 1. The van der Waals surface area contributed by atoms with Crippen molar-refractivity contribution in [1.29, 1.82) is 0 Å². The molecule has 1 amide bonds. The second kappa shape index (κ2) is 5.21. The third-order valence-electron chi connectivity index (χ3n) is 5.35. The molecule has 3 fully saturated rings. The number of nitrogens with one attached hydrogen (secondary N) is 1. The van der Waals surface area contributed by atoms with E-state index in [2.05, 4.69) is 4.72 Å². The van der Waals surface area contributed by atoms with E-state index in [0.29, 0.717) is 12.5 Å². The lowest BCUT2D eigenvalue weighted by atomic mass is 9.80. The largest absolute Gasteiger partial charge is 0.381 e. The average Bonchev–Trinajstić information content (AvgIpc) is 3.02. The molecule has 1 N–H and O–H groups in total. The molecule has 3 rings (SSSR count). The SMILES string of the molecule is CO[C@@H]1C[C@@]2(C(=O)N3CCCCC3CNS(C)(=O)=O)C[C@@H]12. The number of methoxy groups -OCH3 is 1. The smallest absolute Gasteiger partial charge is 0.229 e. The van der Waals surface area contributed by atoms with Gasteiger partial charge in [-0.25, -0.2) is 13.1 Å². The van der Waals surface area contributed by atoms with E-state index in [1.807, 2.05) is 4.90 Å². The molecule has 0 radical (unpaired) electrons. The van der Waals surface area contributed by atoms with E-state index in [1.54, 1.807) is 7.11 Å². The summed E-state index contributed by atoms with van der Waals surface area (Å²) in [4.78, 5) is 14.8. The summed E-state index contributed by atoms with van der Waals surface area (Å²) >= 11 is 0. The highest BCUT2D eigenvalue weighted by Gasteiger charge is 2.72. The van der Waals surface area contributed by atoms with E-state index in [1.165, 1.54) is 0 Å². The molecule has 0 aromatic rings. The molecule has 0 aromatic carbocycles. The first-order valence-electron chi connectivity index (χ1n) is 7.66. The number of carbonyl (C=O) groups excluding carboxylic acids is 1. The van der Waals surface area contributed by atoms with E-state index in [4.69, 9.17) is 4.74 Å². The van der Waals surface area contributed by atoms with E-state index >= 15 is 0 Å². The lowest BCUT2D eigenvalue weighted by Crippen LogP contribution is -2.54. The van der Waals surface area contributed by atoms with Crippen LogP contribution in [0.3, 0.4) is 0 Å². The number of fused-ring (bicyclic) bond motifs is 1. The third kappa shape index (κ3) is 2.71. The van der Waals surface area contributed by atoms with Gasteiger partial charge in [0.1, 0.15) is 0 Å². The molecule has 0 aromatic heterocycles. The van der Waals surface area contributed by atoms with Crippen molar-refractivity contribution in [1.82, 2.24) is 9.62 Å². The number of hydrogen-bond donors (Lipinski definition) is 1. The molecular formula is C14H24N2O4S. The van der Waals surface area contributed by atoms with Gasteiger partial charge < -0.3 is 9.64 Å². The van der Waals surface area contributed by atoms with Crippen molar-refractivity contribution < 1.29 is 17.9 Å². The molecule has 0 spiro atoms.